The third-order valence-corrected chi connectivity index (χ3v) is 3.85. The van der Waals surface area contributed by atoms with Crippen molar-refractivity contribution in [2.45, 2.75) is 65.8 Å². The highest BCUT2D eigenvalue weighted by atomic mass is 32.1. The fourth-order valence-corrected chi connectivity index (χ4v) is 2.75. The molecule has 1 atom stereocenters. The van der Waals surface area contributed by atoms with Gasteiger partial charge in [-0.1, -0.05) is 47.5 Å². The van der Waals surface area contributed by atoms with E-state index in [1.165, 1.54) is 24.4 Å². The summed E-state index contributed by atoms with van der Waals surface area (Å²) in [5.41, 5.74) is 0.0363. The predicted molar refractivity (Wildman–Crippen MR) is 75.8 cm³/mol. The molecule has 0 fully saturated rings. The molecule has 1 aromatic rings. The minimum absolute atomic E-state index is 0.0363. The Kier molecular flexibility index (Phi) is 4.92. The molecule has 17 heavy (non-hydrogen) atoms. The molecule has 0 aromatic carbocycles. The molecule has 1 N–H and O–H groups in total. The summed E-state index contributed by atoms with van der Waals surface area (Å²) in [6.45, 7) is 13.1. The van der Waals surface area contributed by atoms with Gasteiger partial charge in [0.15, 0.2) is 0 Å². The minimum Gasteiger partial charge on any atom is -0.358 e. The van der Waals surface area contributed by atoms with Crippen LogP contribution in [0.5, 0.6) is 0 Å². The van der Waals surface area contributed by atoms with Crippen molar-refractivity contribution >= 4 is 16.7 Å². The maximum atomic E-state index is 4.57. The zero-order chi connectivity index (χ0) is 13.1. The average Bonchev–Trinajstić information content (AvgIpc) is 2.67. The Morgan fingerprint density at radius 2 is 1.82 bits per heavy atom. The Balaban J connectivity index is 2.66. The van der Waals surface area contributed by atoms with Gasteiger partial charge in [-0.2, -0.15) is 4.37 Å². The van der Waals surface area contributed by atoms with Crippen molar-refractivity contribution in [1.29, 1.82) is 0 Å². The van der Waals surface area contributed by atoms with Crippen LogP contribution >= 0.6 is 11.5 Å². The number of aromatic nitrogens is 2. The second kappa shape index (κ2) is 5.80. The number of rotatable bonds is 5. The van der Waals surface area contributed by atoms with E-state index >= 15 is 0 Å². The molecule has 0 amide bonds. The Morgan fingerprint density at radius 1 is 1.24 bits per heavy atom. The lowest BCUT2D eigenvalue weighted by Gasteiger charge is -2.21. The van der Waals surface area contributed by atoms with E-state index in [9.17, 15) is 0 Å². The fraction of sp³-hybridized carbons (Fsp3) is 0.846. The molecule has 1 unspecified atom stereocenters. The lowest BCUT2D eigenvalue weighted by atomic mass is 9.95. The molecule has 1 rings (SSSR count). The molecule has 0 aliphatic carbocycles. The first kappa shape index (κ1) is 14.4. The van der Waals surface area contributed by atoms with Crippen LogP contribution in [0.3, 0.4) is 0 Å². The van der Waals surface area contributed by atoms with Gasteiger partial charge in [-0.05, 0) is 12.8 Å². The van der Waals surface area contributed by atoms with E-state index < -0.39 is 0 Å². The summed E-state index contributed by atoms with van der Waals surface area (Å²) in [4.78, 5) is 4.57. The predicted octanol–water partition coefficient (Wildman–Crippen LogP) is 4.07. The van der Waals surface area contributed by atoms with E-state index in [0.29, 0.717) is 12.0 Å². The lowest BCUT2D eigenvalue weighted by Crippen LogP contribution is -2.25. The van der Waals surface area contributed by atoms with Gasteiger partial charge in [-0.15, -0.1) is 0 Å². The molecule has 3 nitrogen and oxygen atoms in total. The molecule has 0 bridgehead atoms. The van der Waals surface area contributed by atoms with Gasteiger partial charge >= 0.3 is 0 Å². The molecule has 1 aromatic heterocycles. The van der Waals surface area contributed by atoms with Crippen molar-refractivity contribution < 1.29 is 0 Å². The fourth-order valence-electron chi connectivity index (χ4n) is 1.90. The molecule has 0 saturated carbocycles. The van der Waals surface area contributed by atoms with Crippen LogP contribution in [-0.4, -0.2) is 15.4 Å². The second-order valence-corrected chi connectivity index (χ2v) is 6.43. The van der Waals surface area contributed by atoms with Crippen LogP contribution in [0.4, 0.5) is 5.13 Å². The topological polar surface area (TPSA) is 37.8 Å². The summed E-state index contributed by atoms with van der Waals surface area (Å²) in [7, 11) is 0. The lowest BCUT2D eigenvalue weighted by molar-refractivity contribution is 0.437. The normalized spacial score (nSPS) is 14.1. The van der Waals surface area contributed by atoms with Crippen LogP contribution in [-0.2, 0) is 5.41 Å². The highest BCUT2D eigenvalue weighted by Gasteiger charge is 2.21. The Bertz CT molecular complexity index is 337. The van der Waals surface area contributed by atoms with Crippen molar-refractivity contribution in [3.8, 4) is 0 Å². The number of nitrogens with zero attached hydrogens (tertiary/aromatic N) is 2. The largest absolute Gasteiger partial charge is 0.358 e. The maximum absolute atomic E-state index is 4.57. The first-order chi connectivity index (χ1) is 7.88. The van der Waals surface area contributed by atoms with Crippen molar-refractivity contribution in [3.63, 3.8) is 0 Å². The quantitative estimate of drug-likeness (QED) is 0.861. The summed E-state index contributed by atoms with van der Waals surface area (Å²) in [6.07, 6.45) is 2.41. The van der Waals surface area contributed by atoms with Crippen LogP contribution in [0.2, 0.25) is 0 Å². The van der Waals surface area contributed by atoms with Crippen LogP contribution < -0.4 is 5.32 Å². The molecule has 0 spiro atoms. The van der Waals surface area contributed by atoms with Gasteiger partial charge in [0.2, 0.25) is 5.13 Å². The monoisotopic (exact) mass is 255 g/mol. The van der Waals surface area contributed by atoms with Crippen molar-refractivity contribution in [2.24, 2.45) is 5.92 Å². The summed E-state index contributed by atoms with van der Waals surface area (Å²) in [6, 6.07) is 0.464. The van der Waals surface area contributed by atoms with E-state index in [-0.39, 0.29) is 5.41 Å². The molecule has 0 radical (unpaired) electrons. The third kappa shape index (κ3) is 3.95. The summed E-state index contributed by atoms with van der Waals surface area (Å²) in [5, 5.41) is 4.43. The Labute approximate surface area is 109 Å². The van der Waals surface area contributed by atoms with Crippen molar-refractivity contribution in [1.82, 2.24) is 9.36 Å². The average molecular weight is 255 g/mol. The highest BCUT2D eigenvalue weighted by Crippen LogP contribution is 2.24. The smallest absolute Gasteiger partial charge is 0.202 e. The summed E-state index contributed by atoms with van der Waals surface area (Å²) >= 11 is 1.47. The number of hydrogen-bond donors (Lipinski definition) is 1. The first-order valence-corrected chi connectivity index (χ1v) is 7.26. The Hall–Kier alpha value is -0.640. The van der Waals surface area contributed by atoms with E-state index in [0.717, 1.165) is 11.0 Å². The molecule has 1 heterocycles. The number of nitrogens with one attached hydrogen (secondary N) is 1. The van der Waals surface area contributed by atoms with Gasteiger partial charge in [-0.25, -0.2) is 4.98 Å². The van der Waals surface area contributed by atoms with Gasteiger partial charge in [-0.3, -0.25) is 0 Å². The van der Waals surface area contributed by atoms with E-state index in [2.05, 4.69) is 56.2 Å². The van der Waals surface area contributed by atoms with Gasteiger partial charge in [0.25, 0.3) is 0 Å². The highest BCUT2D eigenvalue weighted by molar-refractivity contribution is 7.09. The van der Waals surface area contributed by atoms with Gasteiger partial charge in [0, 0.05) is 23.0 Å². The van der Waals surface area contributed by atoms with Crippen molar-refractivity contribution in [3.05, 3.63) is 5.82 Å². The van der Waals surface area contributed by atoms with Crippen LogP contribution in [0.25, 0.3) is 0 Å². The number of anilines is 1. The zero-order valence-corrected chi connectivity index (χ0v) is 12.7. The molecular weight excluding hydrogens is 230 g/mol. The number of hydrogen-bond acceptors (Lipinski definition) is 4. The Morgan fingerprint density at radius 3 is 2.24 bits per heavy atom. The van der Waals surface area contributed by atoms with E-state index in [4.69, 9.17) is 0 Å². The maximum Gasteiger partial charge on any atom is 0.202 e. The van der Waals surface area contributed by atoms with Crippen LogP contribution in [0.15, 0.2) is 0 Å². The zero-order valence-electron chi connectivity index (χ0n) is 11.9. The third-order valence-electron chi connectivity index (χ3n) is 3.20. The minimum atomic E-state index is 0.0363. The molecule has 0 aliphatic heterocycles. The van der Waals surface area contributed by atoms with Crippen LogP contribution in [0, 0.1) is 5.92 Å². The van der Waals surface area contributed by atoms with Gasteiger partial charge in [0.1, 0.15) is 5.82 Å². The van der Waals surface area contributed by atoms with Crippen LogP contribution in [0.1, 0.15) is 60.2 Å². The molecule has 4 heteroatoms. The van der Waals surface area contributed by atoms with Gasteiger partial charge < -0.3 is 5.32 Å². The summed E-state index contributed by atoms with van der Waals surface area (Å²) in [5.74, 6) is 1.64. The molecule has 98 valence electrons. The molecule has 0 saturated heterocycles. The van der Waals surface area contributed by atoms with Gasteiger partial charge in [0.05, 0.1) is 0 Å². The molecular formula is C13H25N3S. The van der Waals surface area contributed by atoms with E-state index in [1.54, 1.807) is 0 Å². The van der Waals surface area contributed by atoms with E-state index in [1.807, 2.05) is 0 Å². The second-order valence-electron chi connectivity index (χ2n) is 5.68. The van der Waals surface area contributed by atoms with Crippen molar-refractivity contribution in [2.75, 3.05) is 5.32 Å². The standard InChI is InChI=1S/C13H25N3S/c1-7-10(8-2)9(3)14-12-15-11(16-17-12)13(4,5)6/h9-10H,7-8H2,1-6H3,(H,14,15,16). The SMILES string of the molecule is CCC(CC)C(C)Nc1nc(C(C)(C)C)ns1. The first-order valence-electron chi connectivity index (χ1n) is 6.49. The summed E-state index contributed by atoms with van der Waals surface area (Å²) < 4.78 is 4.42. The molecule has 0 aliphatic rings.